The van der Waals surface area contributed by atoms with Crippen molar-refractivity contribution in [3.05, 3.63) is 69.9 Å². The summed E-state index contributed by atoms with van der Waals surface area (Å²) in [5.74, 6) is -0.617. The maximum atomic E-state index is 13.5. The predicted molar refractivity (Wildman–Crippen MR) is 94.2 cm³/mol. The van der Waals surface area contributed by atoms with Crippen molar-refractivity contribution in [2.24, 2.45) is 0 Å². The Bertz CT molecular complexity index is 845. The lowest BCUT2D eigenvalue weighted by atomic mass is 10.0. The molecule has 1 atom stereocenters. The van der Waals surface area contributed by atoms with Crippen LogP contribution in [0, 0.1) is 5.82 Å². The molecule has 0 bridgehead atoms. The van der Waals surface area contributed by atoms with Crippen molar-refractivity contribution in [2.75, 3.05) is 13.1 Å². The number of rotatable bonds is 6. The van der Waals surface area contributed by atoms with E-state index in [1.54, 1.807) is 17.0 Å². The normalized spacial score (nSPS) is 15.1. The topological polar surface area (TPSA) is 82.3 Å². The first kappa shape index (κ1) is 17.8. The first-order valence-electron chi connectivity index (χ1n) is 8.54. The molecule has 1 aromatic heterocycles. The molecule has 0 aliphatic carbocycles. The summed E-state index contributed by atoms with van der Waals surface area (Å²) >= 11 is 0. The maximum Gasteiger partial charge on any atom is 0.252 e. The van der Waals surface area contributed by atoms with Gasteiger partial charge in [-0.15, -0.1) is 0 Å². The second-order valence-electron chi connectivity index (χ2n) is 6.33. The fourth-order valence-electron chi connectivity index (χ4n) is 3.15. The monoisotopic (exact) mass is 357 g/mol. The molecule has 0 radical (unpaired) electrons. The lowest BCUT2D eigenvalue weighted by Gasteiger charge is -2.28. The van der Waals surface area contributed by atoms with Crippen molar-refractivity contribution in [2.45, 2.75) is 25.3 Å². The third kappa shape index (κ3) is 4.36. The van der Waals surface area contributed by atoms with E-state index in [2.05, 4.69) is 10.3 Å². The fraction of sp³-hybridized carbons (Fsp3) is 0.316. The van der Waals surface area contributed by atoms with E-state index in [9.17, 15) is 18.8 Å². The molecule has 1 fully saturated rings. The van der Waals surface area contributed by atoms with E-state index in [0.29, 0.717) is 24.9 Å². The molecule has 0 spiro atoms. The molecular weight excluding hydrogens is 337 g/mol. The number of likely N-dealkylation sites (tertiary alicyclic amines) is 1. The Kier molecular flexibility index (Phi) is 5.46. The van der Waals surface area contributed by atoms with Gasteiger partial charge in [-0.3, -0.25) is 14.4 Å². The van der Waals surface area contributed by atoms with E-state index >= 15 is 0 Å². The highest BCUT2D eigenvalue weighted by atomic mass is 19.1. The molecule has 1 unspecified atom stereocenters. The van der Waals surface area contributed by atoms with Crippen molar-refractivity contribution in [3.63, 3.8) is 0 Å². The number of aromatic nitrogens is 1. The van der Waals surface area contributed by atoms with Gasteiger partial charge >= 0.3 is 0 Å². The highest BCUT2D eigenvalue weighted by Crippen LogP contribution is 2.17. The fourth-order valence-corrected chi connectivity index (χ4v) is 3.15. The number of benzene rings is 1. The molecule has 7 heteroatoms. The molecule has 26 heavy (non-hydrogen) atoms. The third-order valence-corrected chi connectivity index (χ3v) is 4.46. The molecule has 1 aliphatic rings. The number of nitrogens with one attached hydrogen (secondary N) is 2. The SMILES string of the molecule is O=C(NCC(Cc1cccc(F)c1)N1CCCC1=O)c1ccc(=O)[nH]c1. The summed E-state index contributed by atoms with van der Waals surface area (Å²) in [5, 5.41) is 2.80. The zero-order valence-corrected chi connectivity index (χ0v) is 14.2. The summed E-state index contributed by atoms with van der Waals surface area (Å²) in [4.78, 5) is 39.7. The van der Waals surface area contributed by atoms with Crippen molar-refractivity contribution < 1.29 is 14.0 Å². The summed E-state index contributed by atoms with van der Waals surface area (Å²) in [5.41, 5.74) is 0.822. The highest BCUT2D eigenvalue weighted by molar-refractivity contribution is 5.93. The molecule has 2 amide bonds. The van der Waals surface area contributed by atoms with Gasteiger partial charge in [0.25, 0.3) is 5.91 Å². The van der Waals surface area contributed by atoms with Crippen molar-refractivity contribution in [1.29, 1.82) is 0 Å². The lowest BCUT2D eigenvalue weighted by Crippen LogP contribution is -2.45. The number of hydrogen-bond acceptors (Lipinski definition) is 3. The molecule has 2 N–H and O–H groups in total. The summed E-state index contributed by atoms with van der Waals surface area (Å²) in [6.45, 7) is 0.882. The van der Waals surface area contributed by atoms with Gasteiger partial charge in [-0.2, -0.15) is 0 Å². The largest absolute Gasteiger partial charge is 0.350 e. The molecule has 1 saturated heterocycles. The van der Waals surface area contributed by atoms with E-state index in [4.69, 9.17) is 0 Å². The number of carbonyl (C=O) groups is 2. The summed E-state index contributed by atoms with van der Waals surface area (Å²) < 4.78 is 13.5. The van der Waals surface area contributed by atoms with Crippen LogP contribution in [0.4, 0.5) is 4.39 Å². The molecular formula is C19H20FN3O3. The number of amides is 2. The first-order valence-corrected chi connectivity index (χ1v) is 8.54. The molecule has 6 nitrogen and oxygen atoms in total. The minimum absolute atomic E-state index is 0.0460. The average molecular weight is 357 g/mol. The zero-order chi connectivity index (χ0) is 18.5. The van der Waals surface area contributed by atoms with Gasteiger partial charge < -0.3 is 15.2 Å². The highest BCUT2D eigenvalue weighted by Gasteiger charge is 2.28. The minimum atomic E-state index is -0.336. The number of pyridine rings is 1. The molecule has 2 heterocycles. The van der Waals surface area contributed by atoms with Crippen LogP contribution >= 0.6 is 0 Å². The summed E-state index contributed by atoms with van der Waals surface area (Å²) in [6.07, 6.45) is 3.08. The van der Waals surface area contributed by atoms with Crippen LogP contribution in [0.1, 0.15) is 28.8 Å². The second-order valence-corrected chi connectivity index (χ2v) is 6.33. The number of carbonyl (C=O) groups excluding carboxylic acids is 2. The molecule has 1 aliphatic heterocycles. The number of aromatic amines is 1. The Morgan fingerprint density at radius 3 is 2.77 bits per heavy atom. The third-order valence-electron chi connectivity index (χ3n) is 4.46. The van der Waals surface area contributed by atoms with Gasteiger partial charge in [0, 0.05) is 31.8 Å². The van der Waals surface area contributed by atoms with Crippen LogP contribution in [0.15, 0.2) is 47.4 Å². The molecule has 1 aromatic carbocycles. The minimum Gasteiger partial charge on any atom is -0.350 e. The summed E-state index contributed by atoms with van der Waals surface area (Å²) in [6, 6.07) is 8.72. The number of halogens is 1. The van der Waals surface area contributed by atoms with Gasteiger partial charge in [-0.25, -0.2) is 4.39 Å². The Balaban J connectivity index is 1.70. The predicted octanol–water partition coefficient (Wildman–Crippen LogP) is 1.48. The van der Waals surface area contributed by atoms with E-state index in [0.717, 1.165) is 12.0 Å². The average Bonchev–Trinajstić information content (AvgIpc) is 3.05. The number of nitrogens with zero attached hydrogens (tertiary/aromatic N) is 1. The smallest absolute Gasteiger partial charge is 0.252 e. The first-order chi connectivity index (χ1) is 12.5. The van der Waals surface area contributed by atoms with Crippen LogP contribution in [0.25, 0.3) is 0 Å². The maximum absolute atomic E-state index is 13.5. The Morgan fingerprint density at radius 1 is 1.27 bits per heavy atom. The van der Waals surface area contributed by atoms with Gasteiger partial charge in [0.2, 0.25) is 11.5 Å². The zero-order valence-electron chi connectivity index (χ0n) is 14.2. The van der Waals surface area contributed by atoms with E-state index < -0.39 is 0 Å². The molecule has 0 saturated carbocycles. The molecule has 3 rings (SSSR count). The van der Waals surface area contributed by atoms with Crippen molar-refractivity contribution >= 4 is 11.8 Å². The Labute approximate surface area is 150 Å². The standard InChI is InChI=1S/C19H20FN3O3/c20-15-4-1-3-13(9-15)10-16(23-8-2-5-18(23)25)12-22-19(26)14-6-7-17(24)21-11-14/h1,3-4,6-7,9,11,16H,2,5,8,10,12H2,(H,21,24)(H,22,26). The van der Waals surface area contributed by atoms with Crippen LogP contribution in [0.2, 0.25) is 0 Å². The Hall–Kier alpha value is -2.96. The number of hydrogen-bond donors (Lipinski definition) is 2. The van der Waals surface area contributed by atoms with Crippen molar-refractivity contribution in [1.82, 2.24) is 15.2 Å². The van der Waals surface area contributed by atoms with Gasteiger partial charge in [0.15, 0.2) is 0 Å². The van der Waals surface area contributed by atoms with Gasteiger partial charge in [0.1, 0.15) is 5.82 Å². The second kappa shape index (κ2) is 7.95. The van der Waals surface area contributed by atoms with Gasteiger partial charge in [-0.1, -0.05) is 12.1 Å². The summed E-state index contributed by atoms with van der Waals surface area (Å²) in [7, 11) is 0. The van der Waals surface area contributed by atoms with E-state index in [1.807, 2.05) is 0 Å². The van der Waals surface area contributed by atoms with Gasteiger partial charge in [-0.05, 0) is 36.6 Å². The van der Waals surface area contributed by atoms with Crippen LogP contribution in [-0.2, 0) is 11.2 Å². The van der Waals surface area contributed by atoms with E-state index in [-0.39, 0.29) is 35.8 Å². The molecule has 2 aromatic rings. The quantitative estimate of drug-likeness (QED) is 0.822. The van der Waals surface area contributed by atoms with Crippen LogP contribution in [0.5, 0.6) is 0 Å². The Morgan fingerprint density at radius 2 is 2.12 bits per heavy atom. The van der Waals surface area contributed by atoms with Crippen LogP contribution in [0.3, 0.4) is 0 Å². The number of H-pyrrole nitrogens is 1. The van der Waals surface area contributed by atoms with Crippen LogP contribution < -0.4 is 10.9 Å². The van der Waals surface area contributed by atoms with Crippen LogP contribution in [-0.4, -0.2) is 40.8 Å². The molecule has 136 valence electrons. The van der Waals surface area contributed by atoms with Crippen molar-refractivity contribution in [3.8, 4) is 0 Å². The lowest BCUT2D eigenvalue weighted by molar-refractivity contribution is -0.129. The van der Waals surface area contributed by atoms with E-state index in [1.165, 1.54) is 30.5 Å². The van der Waals surface area contributed by atoms with Gasteiger partial charge in [0.05, 0.1) is 11.6 Å².